The number of hydrogen-bond acceptors (Lipinski definition) is 3. The van der Waals surface area contributed by atoms with Gasteiger partial charge in [-0.3, -0.25) is 4.99 Å². The van der Waals surface area contributed by atoms with E-state index in [1.54, 1.807) is 7.11 Å². The van der Waals surface area contributed by atoms with Crippen molar-refractivity contribution in [2.24, 2.45) is 4.99 Å². The van der Waals surface area contributed by atoms with Crippen LogP contribution in [0.25, 0.3) is 0 Å². The van der Waals surface area contributed by atoms with Crippen LogP contribution in [0.15, 0.2) is 68.5 Å². The molecule has 0 atom stereocenters. The summed E-state index contributed by atoms with van der Waals surface area (Å²) < 4.78 is 13.4. The molecule has 5 heteroatoms. The molecule has 0 radical (unpaired) electrons. The molecule has 3 nitrogen and oxygen atoms in total. The molecule has 0 spiro atoms. The molecule has 3 rings (SSSR count). The largest absolute Gasteiger partial charge is 0.493 e. The molecule has 0 bridgehead atoms. The Morgan fingerprint density at radius 1 is 0.929 bits per heavy atom. The molecule has 3 aromatic rings. The predicted octanol–water partition coefficient (Wildman–Crippen LogP) is 7.17. The van der Waals surface area contributed by atoms with Crippen LogP contribution in [0.1, 0.15) is 22.3 Å². The molecule has 0 saturated heterocycles. The van der Waals surface area contributed by atoms with Gasteiger partial charge in [-0.25, -0.2) is 0 Å². The molecule has 0 heterocycles. The minimum atomic E-state index is 0.457. The first-order valence-corrected chi connectivity index (χ1v) is 10.4. The van der Waals surface area contributed by atoms with Gasteiger partial charge in [0.05, 0.1) is 17.3 Å². The van der Waals surface area contributed by atoms with Gasteiger partial charge in [-0.05, 0) is 88.4 Å². The van der Waals surface area contributed by atoms with Crippen LogP contribution in [0.3, 0.4) is 0 Å². The first-order valence-electron chi connectivity index (χ1n) is 8.82. The predicted molar refractivity (Wildman–Crippen MR) is 122 cm³/mol. The van der Waals surface area contributed by atoms with E-state index in [-0.39, 0.29) is 0 Å². The molecule has 3 aromatic carbocycles. The van der Waals surface area contributed by atoms with E-state index in [0.29, 0.717) is 18.1 Å². The highest BCUT2D eigenvalue weighted by molar-refractivity contribution is 9.10. The number of aryl methyl sites for hydroxylation is 2. The van der Waals surface area contributed by atoms with Crippen molar-refractivity contribution in [3.63, 3.8) is 0 Å². The summed E-state index contributed by atoms with van der Waals surface area (Å²) in [5.74, 6) is 1.33. The van der Waals surface area contributed by atoms with Crippen LogP contribution in [0, 0.1) is 13.8 Å². The highest BCUT2D eigenvalue weighted by Crippen LogP contribution is 2.37. The van der Waals surface area contributed by atoms with Crippen LogP contribution in [0.5, 0.6) is 11.5 Å². The van der Waals surface area contributed by atoms with Crippen LogP contribution in [-0.2, 0) is 6.61 Å². The minimum absolute atomic E-state index is 0.457. The molecular weight excluding hydrogens is 482 g/mol. The zero-order valence-corrected chi connectivity index (χ0v) is 19.2. The van der Waals surface area contributed by atoms with Crippen molar-refractivity contribution in [3.8, 4) is 11.5 Å². The summed E-state index contributed by atoms with van der Waals surface area (Å²) in [5.41, 5.74) is 5.42. The lowest BCUT2D eigenvalue weighted by molar-refractivity contribution is 0.282. The van der Waals surface area contributed by atoms with Crippen molar-refractivity contribution in [3.05, 3.63) is 85.8 Å². The molecule has 0 aliphatic heterocycles. The molecule has 0 aliphatic rings. The van der Waals surface area contributed by atoms with Gasteiger partial charge in [0.15, 0.2) is 11.5 Å². The fourth-order valence-corrected chi connectivity index (χ4v) is 3.48. The number of halogens is 2. The fourth-order valence-electron chi connectivity index (χ4n) is 2.65. The normalized spacial score (nSPS) is 11.0. The van der Waals surface area contributed by atoms with Crippen molar-refractivity contribution in [1.82, 2.24) is 0 Å². The van der Waals surface area contributed by atoms with Crippen molar-refractivity contribution < 1.29 is 9.47 Å². The molecule has 0 aromatic heterocycles. The van der Waals surface area contributed by atoms with E-state index in [2.05, 4.69) is 62.8 Å². The summed E-state index contributed by atoms with van der Waals surface area (Å²) in [5, 5.41) is 0. The number of hydrogen-bond donors (Lipinski definition) is 0. The molecule has 0 saturated carbocycles. The molecule has 144 valence electrons. The summed E-state index contributed by atoms with van der Waals surface area (Å²) in [6, 6.07) is 18.1. The Morgan fingerprint density at radius 3 is 2.36 bits per heavy atom. The number of methoxy groups -OCH3 is 1. The van der Waals surface area contributed by atoms with Gasteiger partial charge in [0.25, 0.3) is 0 Å². The Hall–Kier alpha value is -2.11. The summed E-state index contributed by atoms with van der Waals surface area (Å²) in [6.07, 6.45) is 1.83. The second kappa shape index (κ2) is 9.39. The van der Waals surface area contributed by atoms with E-state index in [0.717, 1.165) is 25.8 Å². The average molecular weight is 503 g/mol. The second-order valence-electron chi connectivity index (χ2n) is 6.48. The van der Waals surface area contributed by atoms with Crippen LogP contribution in [0.4, 0.5) is 5.69 Å². The topological polar surface area (TPSA) is 30.8 Å². The van der Waals surface area contributed by atoms with Gasteiger partial charge in [-0.15, -0.1) is 0 Å². The third-order valence-electron chi connectivity index (χ3n) is 4.40. The second-order valence-corrected chi connectivity index (χ2v) is 8.25. The Bertz CT molecular complexity index is 998. The maximum Gasteiger partial charge on any atom is 0.175 e. The van der Waals surface area contributed by atoms with Gasteiger partial charge in [0.1, 0.15) is 6.61 Å². The maximum atomic E-state index is 6.00. The van der Waals surface area contributed by atoms with E-state index < -0.39 is 0 Å². The number of benzene rings is 3. The van der Waals surface area contributed by atoms with Crippen molar-refractivity contribution in [2.45, 2.75) is 20.5 Å². The van der Waals surface area contributed by atoms with Gasteiger partial charge in [-0.1, -0.05) is 34.1 Å². The smallest absolute Gasteiger partial charge is 0.175 e. The highest BCUT2D eigenvalue weighted by Gasteiger charge is 2.11. The zero-order chi connectivity index (χ0) is 20.1. The van der Waals surface area contributed by atoms with E-state index in [1.807, 2.05) is 48.7 Å². The molecule has 28 heavy (non-hydrogen) atoms. The monoisotopic (exact) mass is 501 g/mol. The van der Waals surface area contributed by atoms with Gasteiger partial charge in [-0.2, -0.15) is 0 Å². The first kappa shape index (κ1) is 20.6. The molecular formula is C23H21Br2NO2. The third kappa shape index (κ3) is 5.24. The average Bonchev–Trinajstić information content (AvgIpc) is 2.69. The van der Waals surface area contributed by atoms with E-state index in [9.17, 15) is 0 Å². The van der Waals surface area contributed by atoms with Crippen molar-refractivity contribution in [1.29, 1.82) is 0 Å². The maximum absolute atomic E-state index is 6.00. The van der Waals surface area contributed by atoms with Crippen molar-refractivity contribution >= 4 is 43.8 Å². The van der Waals surface area contributed by atoms with Gasteiger partial charge in [0.2, 0.25) is 0 Å². The van der Waals surface area contributed by atoms with E-state index in [1.165, 1.54) is 11.1 Å². The van der Waals surface area contributed by atoms with E-state index >= 15 is 0 Å². The van der Waals surface area contributed by atoms with Crippen molar-refractivity contribution in [2.75, 3.05) is 7.11 Å². The highest BCUT2D eigenvalue weighted by atomic mass is 79.9. The Balaban J connectivity index is 1.79. The zero-order valence-electron chi connectivity index (χ0n) is 16.0. The van der Waals surface area contributed by atoms with Gasteiger partial charge in [0, 0.05) is 10.7 Å². The molecule has 0 aliphatic carbocycles. The lowest BCUT2D eigenvalue weighted by Gasteiger charge is -2.13. The standard InChI is InChI=1S/C23H21Br2NO2/c1-15-4-9-20(10-16(15)2)26-13-18-11-21(25)23(22(12-18)27-3)28-14-17-5-7-19(24)8-6-17/h4-13H,14H2,1-3H3. The number of aliphatic imine (C=N–C) groups is 1. The minimum Gasteiger partial charge on any atom is -0.493 e. The Morgan fingerprint density at radius 2 is 1.68 bits per heavy atom. The van der Waals surface area contributed by atoms with Crippen LogP contribution >= 0.6 is 31.9 Å². The van der Waals surface area contributed by atoms with Gasteiger partial charge < -0.3 is 9.47 Å². The number of ether oxygens (including phenoxy) is 2. The Kier molecular flexibility index (Phi) is 6.92. The SMILES string of the molecule is COc1cc(C=Nc2ccc(C)c(C)c2)cc(Br)c1OCc1ccc(Br)cc1. The summed E-state index contributed by atoms with van der Waals surface area (Å²) in [7, 11) is 1.64. The lowest BCUT2D eigenvalue weighted by atomic mass is 10.1. The third-order valence-corrected chi connectivity index (χ3v) is 5.52. The molecule has 0 N–H and O–H groups in total. The molecule has 0 unspecified atom stereocenters. The lowest BCUT2D eigenvalue weighted by Crippen LogP contribution is -1.99. The van der Waals surface area contributed by atoms with Gasteiger partial charge >= 0.3 is 0 Å². The molecule has 0 amide bonds. The van der Waals surface area contributed by atoms with Crippen LogP contribution in [0.2, 0.25) is 0 Å². The van der Waals surface area contributed by atoms with Crippen LogP contribution < -0.4 is 9.47 Å². The van der Waals surface area contributed by atoms with Crippen LogP contribution in [-0.4, -0.2) is 13.3 Å². The number of rotatable bonds is 6. The number of nitrogens with zero attached hydrogens (tertiary/aromatic N) is 1. The first-order chi connectivity index (χ1) is 13.5. The summed E-state index contributed by atoms with van der Waals surface area (Å²) in [4.78, 5) is 4.58. The summed E-state index contributed by atoms with van der Waals surface area (Å²) >= 11 is 7.04. The van der Waals surface area contributed by atoms with E-state index in [4.69, 9.17) is 9.47 Å². The Labute approximate surface area is 182 Å². The quantitative estimate of drug-likeness (QED) is 0.334. The summed E-state index contributed by atoms with van der Waals surface area (Å²) in [6.45, 7) is 4.64. The fraction of sp³-hybridized carbons (Fsp3) is 0.174. The molecule has 0 fully saturated rings.